The van der Waals surface area contributed by atoms with Gasteiger partial charge in [-0.15, -0.1) is 0 Å². The molecule has 1 atom stereocenters. The second-order valence-electron chi connectivity index (χ2n) is 6.42. The highest BCUT2D eigenvalue weighted by Crippen LogP contribution is 2.33. The van der Waals surface area contributed by atoms with Crippen molar-refractivity contribution in [2.24, 2.45) is 17.6 Å². The van der Waals surface area contributed by atoms with Crippen LogP contribution in [0.4, 0.5) is 0 Å². The fourth-order valence-corrected chi connectivity index (χ4v) is 3.46. The largest absolute Gasteiger partial charge is 0.324 e. The van der Waals surface area contributed by atoms with Crippen molar-refractivity contribution in [3.63, 3.8) is 0 Å². The van der Waals surface area contributed by atoms with Gasteiger partial charge < -0.3 is 10.2 Å². The lowest BCUT2D eigenvalue weighted by molar-refractivity contribution is -0.942. The Morgan fingerprint density at radius 2 is 1.76 bits per heavy atom. The lowest BCUT2D eigenvalue weighted by Gasteiger charge is -2.49. The average Bonchev–Trinajstić information content (AvgIpc) is 2.37. The molecule has 3 saturated heterocycles. The van der Waals surface area contributed by atoms with E-state index in [0.717, 1.165) is 18.9 Å². The standard InChI is InChI=1S/C14H27N2O/c1-11(2)14(17)13(15)6-10-16-7-3-12(4-8-16)5-9-16/h11-13H,3-10,15H2,1-2H3/q+1. The monoisotopic (exact) mass is 239 g/mol. The molecule has 0 amide bonds. The van der Waals surface area contributed by atoms with Crippen LogP contribution in [0.1, 0.15) is 39.5 Å². The number of piperidine rings is 3. The third-order valence-corrected chi connectivity index (χ3v) is 4.88. The first-order chi connectivity index (χ1) is 8.02. The molecule has 3 nitrogen and oxygen atoms in total. The smallest absolute Gasteiger partial charge is 0.152 e. The van der Waals surface area contributed by atoms with Gasteiger partial charge in [0.15, 0.2) is 5.78 Å². The Morgan fingerprint density at radius 1 is 1.24 bits per heavy atom. The van der Waals surface area contributed by atoms with Crippen molar-refractivity contribution < 1.29 is 9.28 Å². The highest BCUT2D eigenvalue weighted by molar-refractivity contribution is 5.85. The quantitative estimate of drug-likeness (QED) is 0.740. The van der Waals surface area contributed by atoms with Crippen LogP contribution in [0.2, 0.25) is 0 Å². The second-order valence-corrected chi connectivity index (χ2v) is 6.42. The molecule has 98 valence electrons. The van der Waals surface area contributed by atoms with Crippen molar-refractivity contribution >= 4 is 5.78 Å². The number of Topliss-reactive ketones (excluding diaryl/α,β-unsaturated/α-hetero) is 1. The Bertz CT molecular complexity index is 266. The molecule has 17 heavy (non-hydrogen) atoms. The fraction of sp³-hybridized carbons (Fsp3) is 0.929. The summed E-state index contributed by atoms with van der Waals surface area (Å²) in [7, 11) is 0. The van der Waals surface area contributed by atoms with Gasteiger partial charge in [0.2, 0.25) is 0 Å². The summed E-state index contributed by atoms with van der Waals surface area (Å²) >= 11 is 0. The summed E-state index contributed by atoms with van der Waals surface area (Å²) in [5.74, 6) is 1.31. The highest BCUT2D eigenvalue weighted by Gasteiger charge is 2.39. The highest BCUT2D eigenvalue weighted by atomic mass is 16.1. The van der Waals surface area contributed by atoms with Crippen LogP contribution in [0.25, 0.3) is 0 Å². The normalized spacial score (nSPS) is 34.0. The third kappa shape index (κ3) is 2.89. The van der Waals surface area contributed by atoms with E-state index in [1.807, 2.05) is 13.8 Å². The van der Waals surface area contributed by atoms with Gasteiger partial charge in [0.05, 0.1) is 32.2 Å². The minimum Gasteiger partial charge on any atom is -0.324 e. The molecule has 3 aliphatic heterocycles. The van der Waals surface area contributed by atoms with E-state index in [1.54, 1.807) is 0 Å². The predicted molar refractivity (Wildman–Crippen MR) is 69.5 cm³/mol. The van der Waals surface area contributed by atoms with Crippen LogP contribution < -0.4 is 5.73 Å². The lowest BCUT2D eigenvalue weighted by Crippen LogP contribution is -2.59. The molecule has 0 aromatic rings. The maximum atomic E-state index is 11.8. The summed E-state index contributed by atoms with van der Waals surface area (Å²) < 4.78 is 1.25. The number of ketones is 1. The van der Waals surface area contributed by atoms with Gasteiger partial charge >= 0.3 is 0 Å². The molecule has 2 bridgehead atoms. The Morgan fingerprint density at radius 3 is 2.24 bits per heavy atom. The van der Waals surface area contributed by atoms with Crippen LogP contribution in [0, 0.1) is 11.8 Å². The van der Waals surface area contributed by atoms with Crippen molar-refractivity contribution in [3.05, 3.63) is 0 Å². The molecule has 0 spiro atoms. The molecule has 3 rings (SSSR count). The zero-order chi connectivity index (χ0) is 12.5. The molecule has 1 unspecified atom stereocenters. The number of fused-ring (bicyclic) bond motifs is 3. The van der Waals surface area contributed by atoms with E-state index in [4.69, 9.17) is 5.73 Å². The molecule has 0 aliphatic carbocycles. The van der Waals surface area contributed by atoms with E-state index in [0.29, 0.717) is 0 Å². The van der Waals surface area contributed by atoms with E-state index in [2.05, 4.69) is 0 Å². The first-order valence-electron chi connectivity index (χ1n) is 7.17. The van der Waals surface area contributed by atoms with Gasteiger partial charge in [-0.25, -0.2) is 0 Å². The molecule has 0 radical (unpaired) electrons. The first kappa shape index (κ1) is 13.0. The van der Waals surface area contributed by atoms with E-state index in [1.165, 1.54) is 43.4 Å². The van der Waals surface area contributed by atoms with E-state index in [-0.39, 0.29) is 17.7 Å². The van der Waals surface area contributed by atoms with Gasteiger partial charge in [0, 0.05) is 12.3 Å². The number of carbonyl (C=O) groups is 1. The van der Waals surface area contributed by atoms with E-state index in [9.17, 15) is 4.79 Å². The van der Waals surface area contributed by atoms with Crippen molar-refractivity contribution in [2.75, 3.05) is 26.2 Å². The lowest BCUT2D eigenvalue weighted by atomic mass is 9.85. The number of hydrogen-bond donors (Lipinski definition) is 1. The van der Waals surface area contributed by atoms with Crippen LogP contribution in [0.5, 0.6) is 0 Å². The number of carbonyl (C=O) groups excluding carboxylic acids is 1. The van der Waals surface area contributed by atoms with Crippen LogP contribution in [-0.4, -0.2) is 42.5 Å². The van der Waals surface area contributed by atoms with Gasteiger partial charge in [0.25, 0.3) is 0 Å². The van der Waals surface area contributed by atoms with Gasteiger partial charge in [0.1, 0.15) is 0 Å². The van der Waals surface area contributed by atoms with Crippen molar-refractivity contribution in [2.45, 2.75) is 45.6 Å². The molecule has 0 aromatic carbocycles. The summed E-state index contributed by atoms with van der Waals surface area (Å²) in [5.41, 5.74) is 6.00. The topological polar surface area (TPSA) is 43.1 Å². The molecule has 2 N–H and O–H groups in total. The minimum atomic E-state index is -0.234. The van der Waals surface area contributed by atoms with Crippen LogP contribution in [0.3, 0.4) is 0 Å². The van der Waals surface area contributed by atoms with E-state index < -0.39 is 0 Å². The molecular weight excluding hydrogens is 212 g/mol. The Kier molecular flexibility index (Phi) is 3.88. The Hall–Kier alpha value is -0.410. The van der Waals surface area contributed by atoms with Gasteiger partial charge in [-0.1, -0.05) is 13.8 Å². The average molecular weight is 239 g/mol. The number of nitrogens with two attached hydrogens (primary N) is 1. The second kappa shape index (κ2) is 5.07. The molecule has 3 fully saturated rings. The van der Waals surface area contributed by atoms with Crippen LogP contribution >= 0.6 is 0 Å². The summed E-state index contributed by atoms with van der Waals surface area (Å²) in [6, 6.07) is -0.234. The van der Waals surface area contributed by atoms with Crippen molar-refractivity contribution in [1.29, 1.82) is 0 Å². The van der Waals surface area contributed by atoms with Crippen LogP contribution in [-0.2, 0) is 4.79 Å². The maximum Gasteiger partial charge on any atom is 0.152 e. The molecule has 3 aliphatic rings. The molecule has 3 heteroatoms. The molecule has 0 saturated carbocycles. The summed E-state index contributed by atoms with van der Waals surface area (Å²) in [6.07, 6.45) is 5.07. The zero-order valence-corrected chi connectivity index (χ0v) is 11.3. The Labute approximate surface area is 105 Å². The summed E-state index contributed by atoms with van der Waals surface area (Å²) in [5, 5.41) is 0. The van der Waals surface area contributed by atoms with Gasteiger partial charge in [-0.2, -0.15) is 0 Å². The first-order valence-corrected chi connectivity index (χ1v) is 7.17. The molecule has 0 aromatic heterocycles. The number of quaternary nitrogens is 1. The van der Waals surface area contributed by atoms with E-state index >= 15 is 0 Å². The zero-order valence-electron chi connectivity index (χ0n) is 11.3. The van der Waals surface area contributed by atoms with Crippen molar-refractivity contribution in [1.82, 2.24) is 0 Å². The summed E-state index contributed by atoms with van der Waals surface area (Å²) in [6.45, 7) is 8.99. The number of hydrogen-bond acceptors (Lipinski definition) is 2. The number of nitrogens with zero attached hydrogens (tertiary/aromatic N) is 1. The van der Waals surface area contributed by atoms with Crippen molar-refractivity contribution in [3.8, 4) is 0 Å². The van der Waals surface area contributed by atoms with Gasteiger partial charge in [-0.3, -0.25) is 4.79 Å². The van der Waals surface area contributed by atoms with Crippen LogP contribution in [0.15, 0.2) is 0 Å². The SMILES string of the molecule is CC(C)C(=O)C(N)CC[N+]12CCC(CC1)CC2. The fourth-order valence-electron chi connectivity index (χ4n) is 3.46. The third-order valence-electron chi connectivity index (χ3n) is 4.88. The van der Waals surface area contributed by atoms with Gasteiger partial charge in [-0.05, 0) is 25.2 Å². The molecule has 3 heterocycles. The summed E-state index contributed by atoms with van der Waals surface area (Å²) in [4.78, 5) is 11.8. The number of rotatable bonds is 5. The predicted octanol–water partition coefficient (Wildman–Crippen LogP) is 1.56. The molecular formula is C14H27N2O+. The minimum absolute atomic E-state index is 0.0806. The maximum absolute atomic E-state index is 11.8. The Balaban J connectivity index is 1.83.